The van der Waals surface area contributed by atoms with Gasteiger partial charge >= 0.3 is 6.03 Å². The summed E-state index contributed by atoms with van der Waals surface area (Å²) in [5.74, 6) is 0.819. The van der Waals surface area contributed by atoms with E-state index in [4.69, 9.17) is 0 Å². The van der Waals surface area contributed by atoms with Gasteiger partial charge in [-0.2, -0.15) is 0 Å². The van der Waals surface area contributed by atoms with Crippen LogP contribution in [-0.4, -0.2) is 31.1 Å². The molecule has 0 saturated carbocycles. The summed E-state index contributed by atoms with van der Waals surface area (Å²) < 4.78 is 0. The van der Waals surface area contributed by atoms with Crippen molar-refractivity contribution in [3.05, 3.63) is 65.7 Å². The van der Waals surface area contributed by atoms with Gasteiger partial charge in [-0.3, -0.25) is 0 Å². The Hall–Kier alpha value is -3.02. The zero-order valence-corrected chi connectivity index (χ0v) is 17.7. The Balaban J connectivity index is 1.80. The Morgan fingerprint density at radius 1 is 0.966 bits per heavy atom. The summed E-state index contributed by atoms with van der Waals surface area (Å²) in [6, 6.07) is 18.2. The summed E-state index contributed by atoms with van der Waals surface area (Å²) in [5, 5.41) is 12.3. The van der Waals surface area contributed by atoms with Gasteiger partial charge in [-0.1, -0.05) is 42.5 Å². The molecule has 4 N–H and O–H groups in total. The van der Waals surface area contributed by atoms with Crippen LogP contribution in [0.5, 0.6) is 0 Å². The normalized spacial score (nSPS) is 11.2. The van der Waals surface area contributed by atoms with Crippen molar-refractivity contribution in [2.24, 2.45) is 4.99 Å². The second-order valence-corrected chi connectivity index (χ2v) is 7.16. The Morgan fingerprint density at radius 3 is 2.34 bits per heavy atom. The smallest absolute Gasteiger partial charge is 0.319 e. The number of rotatable bonds is 9. The van der Waals surface area contributed by atoms with Crippen molar-refractivity contribution in [3.8, 4) is 0 Å². The number of urea groups is 1. The number of amides is 2. The summed E-state index contributed by atoms with van der Waals surface area (Å²) in [5.41, 5.74) is 3.20. The first-order valence-electron chi connectivity index (χ1n) is 10.3. The van der Waals surface area contributed by atoms with E-state index in [9.17, 15) is 4.79 Å². The fourth-order valence-electron chi connectivity index (χ4n) is 2.78. The lowest BCUT2D eigenvalue weighted by Crippen LogP contribution is -2.37. The molecule has 0 bridgehead atoms. The number of carbonyl (C=O) groups is 1. The van der Waals surface area contributed by atoms with Gasteiger partial charge in [0.1, 0.15) is 0 Å². The van der Waals surface area contributed by atoms with E-state index in [1.807, 2.05) is 44.2 Å². The lowest BCUT2D eigenvalue weighted by molar-refractivity contribution is 0.250. The minimum Gasteiger partial charge on any atom is -0.357 e. The third-order valence-electron chi connectivity index (χ3n) is 4.17. The van der Waals surface area contributed by atoms with Crippen molar-refractivity contribution in [1.82, 2.24) is 16.0 Å². The molecule has 0 saturated heterocycles. The second-order valence-electron chi connectivity index (χ2n) is 7.16. The molecule has 156 valence electrons. The molecule has 0 atom stereocenters. The first-order valence-corrected chi connectivity index (χ1v) is 10.3. The predicted octanol–water partition coefficient (Wildman–Crippen LogP) is 3.90. The van der Waals surface area contributed by atoms with Gasteiger partial charge in [-0.25, -0.2) is 9.79 Å². The maximum atomic E-state index is 11.7. The van der Waals surface area contributed by atoms with Crippen molar-refractivity contribution in [2.75, 3.05) is 18.4 Å². The lowest BCUT2D eigenvalue weighted by Gasteiger charge is -2.12. The van der Waals surface area contributed by atoms with E-state index in [0.717, 1.165) is 43.1 Å². The number of aliphatic imine (C=N–C) groups is 1. The molecular weight excluding hydrogens is 362 g/mol. The molecule has 6 nitrogen and oxygen atoms in total. The molecule has 0 fully saturated rings. The van der Waals surface area contributed by atoms with Gasteiger partial charge in [0.25, 0.3) is 0 Å². The largest absolute Gasteiger partial charge is 0.357 e. The van der Waals surface area contributed by atoms with E-state index in [2.05, 4.69) is 57.4 Å². The van der Waals surface area contributed by atoms with E-state index >= 15 is 0 Å². The molecule has 29 heavy (non-hydrogen) atoms. The summed E-state index contributed by atoms with van der Waals surface area (Å²) in [4.78, 5) is 16.4. The number of carbonyl (C=O) groups excluding carboxylic acids is 1. The van der Waals surface area contributed by atoms with E-state index in [-0.39, 0.29) is 12.1 Å². The molecule has 0 spiro atoms. The third kappa shape index (κ3) is 9.14. The minimum absolute atomic E-state index is 0.105. The van der Waals surface area contributed by atoms with Crippen LogP contribution in [0.15, 0.2) is 59.6 Å². The summed E-state index contributed by atoms with van der Waals surface area (Å²) in [6.07, 6.45) is 2.10. The standard InChI is InChI=1S/C23H33N5O/c1-4-24-22(25-16-8-11-19-9-6-5-7-10-19)26-17-20-12-14-21(15-13-20)28-23(29)27-18(2)3/h5-7,9-10,12-15,18H,4,8,11,16-17H2,1-3H3,(H2,24,25,26)(H2,27,28,29). The summed E-state index contributed by atoms with van der Waals surface area (Å²) in [6.45, 7) is 8.18. The topological polar surface area (TPSA) is 77.5 Å². The van der Waals surface area contributed by atoms with E-state index in [1.54, 1.807) is 0 Å². The molecule has 0 aliphatic rings. The van der Waals surface area contributed by atoms with Crippen molar-refractivity contribution >= 4 is 17.7 Å². The first-order chi connectivity index (χ1) is 14.1. The van der Waals surface area contributed by atoms with Crippen molar-refractivity contribution in [2.45, 2.75) is 46.2 Å². The third-order valence-corrected chi connectivity index (χ3v) is 4.17. The highest BCUT2D eigenvalue weighted by Gasteiger charge is 2.03. The Kier molecular flexibility index (Phi) is 9.55. The van der Waals surface area contributed by atoms with Gasteiger partial charge in [0.15, 0.2) is 5.96 Å². The molecule has 2 aromatic carbocycles. The second kappa shape index (κ2) is 12.4. The van der Waals surface area contributed by atoms with Crippen LogP contribution in [0.4, 0.5) is 10.5 Å². The maximum Gasteiger partial charge on any atom is 0.319 e. The number of anilines is 1. The molecule has 6 heteroatoms. The molecule has 0 radical (unpaired) electrons. The van der Waals surface area contributed by atoms with Crippen molar-refractivity contribution in [3.63, 3.8) is 0 Å². The number of aryl methyl sites for hydroxylation is 1. The Labute approximate surface area is 174 Å². The van der Waals surface area contributed by atoms with Gasteiger partial charge in [0, 0.05) is 24.8 Å². The van der Waals surface area contributed by atoms with E-state index in [0.29, 0.717) is 6.54 Å². The maximum absolute atomic E-state index is 11.7. The van der Waals surface area contributed by atoms with Gasteiger partial charge in [0.2, 0.25) is 0 Å². The fourth-order valence-corrected chi connectivity index (χ4v) is 2.78. The molecular formula is C23H33N5O. The summed E-state index contributed by atoms with van der Waals surface area (Å²) in [7, 11) is 0. The highest BCUT2D eigenvalue weighted by Crippen LogP contribution is 2.10. The lowest BCUT2D eigenvalue weighted by atomic mass is 10.1. The average molecular weight is 396 g/mol. The van der Waals surface area contributed by atoms with Crippen LogP contribution >= 0.6 is 0 Å². The molecule has 0 aliphatic carbocycles. The van der Waals surface area contributed by atoms with Crippen molar-refractivity contribution < 1.29 is 4.79 Å². The Morgan fingerprint density at radius 2 is 1.69 bits per heavy atom. The number of benzene rings is 2. The number of nitrogens with one attached hydrogen (secondary N) is 4. The van der Waals surface area contributed by atoms with Gasteiger partial charge < -0.3 is 21.3 Å². The van der Waals surface area contributed by atoms with Gasteiger partial charge in [-0.05, 0) is 56.9 Å². The minimum atomic E-state index is -0.195. The number of hydrogen-bond donors (Lipinski definition) is 4. The van der Waals surface area contributed by atoms with Crippen LogP contribution in [0.25, 0.3) is 0 Å². The number of guanidine groups is 1. The van der Waals surface area contributed by atoms with E-state index in [1.165, 1.54) is 5.56 Å². The van der Waals surface area contributed by atoms with Gasteiger partial charge in [0.05, 0.1) is 6.54 Å². The zero-order chi connectivity index (χ0) is 20.9. The van der Waals surface area contributed by atoms with Gasteiger partial charge in [-0.15, -0.1) is 0 Å². The quantitative estimate of drug-likeness (QED) is 0.295. The van der Waals surface area contributed by atoms with Crippen LogP contribution in [0.3, 0.4) is 0 Å². The molecule has 2 aromatic rings. The van der Waals surface area contributed by atoms with Crippen LogP contribution in [0.1, 0.15) is 38.3 Å². The fraction of sp³-hybridized carbons (Fsp3) is 0.391. The summed E-state index contributed by atoms with van der Waals surface area (Å²) >= 11 is 0. The molecule has 0 heterocycles. The highest BCUT2D eigenvalue weighted by molar-refractivity contribution is 5.89. The van der Waals surface area contributed by atoms with Crippen LogP contribution in [0, 0.1) is 0 Å². The predicted molar refractivity (Wildman–Crippen MR) is 121 cm³/mol. The molecule has 2 amide bonds. The molecule has 2 rings (SSSR count). The number of nitrogens with zero attached hydrogens (tertiary/aromatic N) is 1. The van der Waals surface area contributed by atoms with E-state index < -0.39 is 0 Å². The monoisotopic (exact) mass is 395 g/mol. The van der Waals surface area contributed by atoms with Crippen molar-refractivity contribution in [1.29, 1.82) is 0 Å². The van der Waals surface area contributed by atoms with Crippen LogP contribution in [0.2, 0.25) is 0 Å². The van der Waals surface area contributed by atoms with Crippen LogP contribution < -0.4 is 21.3 Å². The molecule has 0 unspecified atom stereocenters. The number of hydrogen-bond acceptors (Lipinski definition) is 2. The molecule has 0 aromatic heterocycles. The van der Waals surface area contributed by atoms with Crippen LogP contribution in [-0.2, 0) is 13.0 Å². The average Bonchev–Trinajstić information content (AvgIpc) is 2.70. The molecule has 0 aliphatic heterocycles. The Bertz CT molecular complexity index is 757. The SMILES string of the molecule is CCNC(=NCc1ccc(NC(=O)NC(C)C)cc1)NCCCc1ccccc1. The highest BCUT2D eigenvalue weighted by atomic mass is 16.2. The zero-order valence-electron chi connectivity index (χ0n) is 17.7. The first kappa shape index (κ1) is 22.3.